The van der Waals surface area contributed by atoms with Crippen molar-refractivity contribution in [2.75, 3.05) is 0 Å². The largest absolute Gasteiger partial charge is 0.347 e. The van der Waals surface area contributed by atoms with Crippen LogP contribution in [0.3, 0.4) is 0 Å². The third-order valence-electron chi connectivity index (χ3n) is 0.715. The van der Waals surface area contributed by atoms with Crippen molar-refractivity contribution in [2.45, 2.75) is 0 Å². The molecule has 48 valence electrons. The molecule has 0 atom stereocenters. The van der Waals surface area contributed by atoms with Gasteiger partial charge in [-0.2, -0.15) is 4.39 Å². The smallest absolute Gasteiger partial charge is 0.249 e. The number of hydrogen-bond acceptors (Lipinski definition) is 2. The van der Waals surface area contributed by atoms with Crippen molar-refractivity contribution in [3.63, 3.8) is 0 Å². The highest BCUT2D eigenvalue weighted by molar-refractivity contribution is 9.10. The molecule has 9 heavy (non-hydrogen) atoms. The van der Waals surface area contributed by atoms with E-state index in [2.05, 4.69) is 38.1 Å². The molecule has 1 N–H and O–H groups in total. The monoisotopic (exact) mass is 208 g/mol. The van der Waals surface area contributed by atoms with Gasteiger partial charge in [0, 0.05) is 6.20 Å². The number of halogens is 2. The first-order chi connectivity index (χ1) is 4.20. The lowest BCUT2D eigenvalue weighted by Gasteiger charge is -1.87. The molecule has 0 aromatic carbocycles. The van der Waals surface area contributed by atoms with Crippen LogP contribution in [0.1, 0.15) is 0 Å². The second-order valence-corrected chi connectivity index (χ2v) is 2.56. The summed E-state index contributed by atoms with van der Waals surface area (Å²) >= 11 is 7.47. The Bertz CT molecular complexity index is 272. The molecular formula is C4H2BrFN2S. The standard InChI is InChI=1S/C4H2BrFN2S/c5-2-1-7-4(9)3(6)8-2/h1H,(H,7,9). The Kier molecular flexibility index (Phi) is 1.92. The third-order valence-corrected chi connectivity index (χ3v) is 1.41. The SMILES string of the molecule is Fc1nc(Br)c[nH]c1=S. The number of aromatic amines is 1. The molecule has 0 amide bonds. The van der Waals surface area contributed by atoms with E-state index in [4.69, 9.17) is 0 Å². The van der Waals surface area contributed by atoms with Gasteiger partial charge in [-0.05, 0) is 15.9 Å². The number of nitrogens with zero attached hydrogens (tertiary/aromatic N) is 1. The van der Waals surface area contributed by atoms with E-state index in [-0.39, 0.29) is 4.64 Å². The van der Waals surface area contributed by atoms with E-state index >= 15 is 0 Å². The molecule has 0 saturated heterocycles. The molecule has 1 aromatic rings. The molecule has 1 aromatic heterocycles. The van der Waals surface area contributed by atoms with Crippen LogP contribution in [0.4, 0.5) is 4.39 Å². The minimum Gasteiger partial charge on any atom is -0.347 e. The minimum atomic E-state index is -0.653. The zero-order valence-electron chi connectivity index (χ0n) is 4.19. The summed E-state index contributed by atoms with van der Waals surface area (Å²) in [5, 5.41) is 0. The number of rotatable bonds is 0. The van der Waals surface area contributed by atoms with Gasteiger partial charge >= 0.3 is 0 Å². The van der Waals surface area contributed by atoms with Gasteiger partial charge in [0.2, 0.25) is 5.95 Å². The fourth-order valence-corrected chi connectivity index (χ4v) is 0.736. The fraction of sp³-hybridized carbons (Fsp3) is 0. The summed E-state index contributed by atoms with van der Waals surface area (Å²) in [6.07, 6.45) is 1.48. The molecule has 0 unspecified atom stereocenters. The minimum absolute atomic E-state index is 0.0261. The average molecular weight is 209 g/mol. The Morgan fingerprint density at radius 1 is 1.78 bits per heavy atom. The van der Waals surface area contributed by atoms with Crippen molar-refractivity contribution in [2.24, 2.45) is 0 Å². The number of nitrogens with one attached hydrogen (secondary N) is 1. The van der Waals surface area contributed by atoms with Crippen LogP contribution < -0.4 is 0 Å². The molecule has 0 aliphatic heterocycles. The summed E-state index contributed by atoms with van der Waals surface area (Å²) < 4.78 is 12.7. The van der Waals surface area contributed by atoms with Crippen molar-refractivity contribution in [3.05, 3.63) is 21.4 Å². The lowest BCUT2D eigenvalue weighted by molar-refractivity contribution is 0.568. The quantitative estimate of drug-likeness (QED) is 0.662. The number of aromatic nitrogens is 2. The van der Waals surface area contributed by atoms with Crippen LogP contribution in [0.15, 0.2) is 10.8 Å². The van der Waals surface area contributed by atoms with Gasteiger partial charge in [0.15, 0.2) is 4.64 Å². The molecule has 1 rings (SSSR count). The van der Waals surface area contributed by atoms with Crippen molar-refractivity contribution in [3.8, 4) is 0 Å². The topological polar surface area (TPSA) is 28.7 Å². The summed E-state index contributed by atoms with van der Waals surface area (Å²) in [6.45, 7) is 0. The van der Waals surface area contributed by atoms with Gasteiger partial charge in [0.25, 0.3) is 0 Å². The third kappa shape index (κ3) is 1.56. The predicted octanol–water partition coefficient (Wildman–Crippen LogP) is 2.04. The highest BCUT2D eigenvalue weighted by Gasteiger charge is 1.93. The van der Waals surface area contributed by atoms with Gasteiger partial charge < -0.3 is 4.98 Å². The lowest BCUT2D eigenvalue weighted by Crippen LogP contribution is -1.86. The Labute approximate surface area is 64.3 Å². The second kappa shape index (κ2) is 2.53. The van der Waals surface area contributed by atoms with E-state index in [0.717, 1.165) is 0 Å². The molecule has 5 heteroatoms. The Morgan fingerprint density at radius 2 is 2.44 bits per heavy atom. The van der Waals surface area contributed by atoms with Crippen LogP contribution in [0, 0.1) is 10.6 Å². The van der Waals surface area contributed by atoms with Crippen molar-refractivity contribution in [1.82, 2.24) is 9.97 Å². The molecule has 0 spiro atoms. The number of H-pyrrole nitrogens is 1. The van der Waals surface area contributed by atoms with Gasteiger partial charge in [-0.1, -0.05) is 12.2 Å². The molecule has 0 bridgehead atoms. The van der Waals surface area contributed by atoms with E-state index in [0.29, 0.717) is 4.60 Å². The zero-order chi connectivity index (χ0) is 6.85. The Balaban J connectivity index is 3.34. The van der Waals surface area contributed by atoms with Gasteiger partial charge in [0.1, 0.15) is 4.60 Å². The summed E-state index contributed by atoms with van der Waals surface area (Å²) in [7, 11) is 0. The average Bonchev–Trinajstić information content (AvgIpc) is 1.80. The van der Waals surface area contributed by atoms with E-state index in [1.165, 1.54) is 6.20 Å². The molecule has 0 radical (unpaired) electrons. The zero-order valence-corrected chi connectivity index (χ0v) is 6.59. The highest BCUT2D eigenvalue weighted by Crippen LogP contribution is 2.03. The second-order valence-electron chi connectivity index (χ2n) is 1.34. The molecule has 0 aliphatic carbocycles. The summed E-state index contributed by atoms with van der Waals surface area (Å²) in [4.78, 5) is 5.89. The predicted molar refractivity (Wildman–Crippen MR) is 37.1 cm³/mol. The highest BCUT2D eigenvalue weighted by atomic mass is 79.9. The van der Waals surface area contributed by atoms with E-state index < -0.39 is 5.95 Å². The molecule has 1 heterocycles. The first-order valence-electron chi connectivity index (χ1n) is 2.11. The maximum atomic E-state index is 12.3. The molecular weight excluding hydrogens is 207 g/mol. The normalized spacial score (nSPS) is 9.56. The number of hydrogen-bond donors (Lipinski definition) is 1. The maximum absolute atomic E-state index is 12.3. The van der Waals surface area contributed by atoms with Crippen LogP contribution in [0.5, 0.6) is 0 Å². The molecule has 0 saturated carbocycles. The van der Waals surface area contributed by atoms with Gasteiger partial charge in [-0.15, -0.1) is 0 Å². The van der Waals surface area contributed by atoms with E-state index in [1.807, 2.05) is 0 Å². The lowest BCUT2D eigenvalue weighted by atomic mass is 10.7. The summed E-state index contributed by atoms with van der Waals surface area (Å²) in [5.41, 5.74) is 0. The van der Waals surface area contributed by atoms with Crippen LogP contribution >= 0.6 is 28.1 Å². The Hall–Kier alpha value is -0.290. The van der Waals surface area contributed by atoms with Gasteiger partial charge in [0.05, 0.1) is 0 Å². The van der Waals surface area contributed by atoms with Crippen LogP contribution in [0.2, 0.25) is 0 Å². The van der Waals surface area contributed by atoms with Crippen LogP contribution in [-0.4, -0.2) is 9.97 Å². The van der Waals surface area contributed by atoms with Gasteiger partial charge in [-0.3, -0.25) is 0 Å². The molecule has 0 aliphatic rings. The summed E-state index contributed by atoms with van der Waals surface area (Å²) in [5.74, 6) is -0.653. The molecule has 0 fully saturated rings. The van der Waals surface area contributed by atoms with E-state index in [1.54, 1.807) is 0 Å². The van der Waals surface area contributed by atoms with Crippen molar-refractivity contribution in [1.29, 1.82) is 0 Å². The summed E-state index contributed by atoms with van der Waals surface area (Å²) in [6, 6.07) is 0. The van der Waals surface area contributed by atoms with Crippen LogP contribution in [-0.2, 0) is 0 Å². The van der Waals surface area contributed by atoms with Crippen molar-refractivity contribution < 1.29 is 4.39 Å². The Morgan fingerprint density at radius 3 is 2.89 bits per heavy atom. The van der Waals surface area contributed by atoms with Crippen molar-refractivity contribution >= 4 is 28.1 Å². The first-order valence-corrected chi connectivity index (χ1v) is 3.31. The molecule has 2 nitrogen and oxygen atoms in total. The maximum Gasteiger partial charge on any atom is 0.249 e. The fourth-order valence-electron chi connectivity index (χ4n) is 0.361. The van der Waals surface area contributed by atoms with Crippen LogP contribution in [0.25, 0.3) is 0 Å². The van der Waals surface area contributed by atoms with E-state index in [9.17, 15) is 4.39 Å². The first kappa shape index (κ1) is 6.82. The van der Waals surface area contributed by atoms with Gasteiger partial charge in [-0.25, -0.2) is 4.98 Å².